The van der Waals surface area contributed by atoms with Crippen LogP contribution >= 0.6 is 0 Å². The van der Waals surface area contributed by atoms with Crippen LogP contribution in [0.5, 0.6) is 5.75 Å². The molecule has 0 bridgehead atoms. The Morgan fingerprint density at radius 2 is 1.86 bits per heavy atom. The molecule has 6 nitrogen and oxygen atoms in total. The molecule has 1 aromatic carbocycles. The van der Waals surface area contributed by atoms with Gasteiger partial charge in [-0.05, 0) is 30.2 Å². The van der Waals surface area contributed by atoms with Gasteiger partial charge in [-0.3, -0.25) is 4.79 Å². The van der Waals surface area contributed by atoms with E-state index in [-0.39, 0.29) is 17.9 Å². The minimum atomic E-state index is -3.67. The maximum Gasteiger partial charge on any atom is 0.304 e. The van der Waals surface area contributed by atoms with Crippen LogP contribution in [0.25, 0.3) is 0 Å². The molecule has 7 heteroatoms. The van der Waals surface area contributed by atoms with Crippen LogP contribution in [0.3, 0.4) is 0 Å². The third kappa shape index (κ3) is 5.35. The van der Waals surface area contributed by atoms with Crippen LogP contribution in [0, 0.1) is 5.92 Å². The second-order valence-electron chi connectivity index (χ2n) is 5.15. The molecule has 0 atom stereocenters. The van der Waals surface area contributed by atoms with Crippen molar-refractivity contribution < 1.29 is 23.1 Å². The normalized spacial score (nSPS) is 11.9. The molecule has 0 aromatic heterocycles. The zero-order valence-corrected chi connectivity index (χ0v) is 13.3. The van der Waals surface area contributed by atoms with E-state index in [0.29, 0.717) is 18.3 Å². The van der Waals surface area contributed by atoms with Crippen LogP contribution in [0.4, 0.5) is 0 Å². The lowest BCUT2D eigenvalue weighted by molar-refractivity contribution is -0.137. The van der Waals surface area contributed by atoms with Crippen LogP contribution in [-0.4, -0.2) is 44.0 Å². The van der Waals surface area contributed by atoms with E-state index < -0.39 is 16.0 Å². The average Bonchev–Trinajstić information content (AvgIpc) is 2.42. The number of sulfonamides is 1. The molecule has 21 heavy (non-hydrogen) atoms. The topological polar surface area (TPSA) is 83.9 Å². The van der Waals surface area contributed by atoms with Crippen LogP contribution in [-0.2, 0) is 14.8 Å². The number of aliphatic carboxylic acids is 1. The molecule has 0 aliphatic carbocycles. The van der Waals surface area contributed by atoms with Crippen molar-refractivity contribution in [3.8, 4) is 5.75 Å². The number of rotatable bonds is 8. The molecule has 0 aliphatic heterocycles. The zero-order chi connectivity index (χ0) is 16.0. The molecular formula is C14H21NO5S. The van der Waals surface area contributed by atoms with Crippen molar-refractivity contribution in [3.63, 3.8) is 0 Å². The van der Waals surface area contributed by atoms with Gasteiger partial charge < -0.3 is 9.84 Å². The van der Waals surface area contributed by atoms with Crippen LogP contribution in [0.2, 0.25) is 0 Å². The van der Waals surface area contributed by atoms with E-state index in [9.17, 15) is 13.2 Å². The summed E-state index contributed by atoms with van der Waals surface area (Å²) in [4.78, 5) is 10.6. The molecular weight excluding hydrogens is 294 g/mol. The molecule has 0 unspecified atom stereocenters. The lowest BCUT2D eigenvalue weighted by atomic mass is 10.2. The second kappa shape index (κ2) is 7.42. The fourth-order valence-corrected chi connectivity index (χ4v) is 2.70. The molecule has 0 saturated carbocycles. The zero-order valence-electron chi connectivity index (χ0n) is 12.4. The standard InChI is InChI=1S/C14H21NO5S/c1-11(2)10-20-12-4-6-13(7-5-12)21(18,19)15(3)9-8-14(16)17/h4-7,11H,8-10H2,1-3H3,(H,16,17). The van der Waals surface area contributed by atoms with Crippen molar-refractivity contribution in [2.24, 2.45) is 5.92 Å². The first-order valence-electron chi connectivity index (χ1n) is 6.64. The third-order valence-electron chi connectivity index (χ3n) is 2.76. The Kier molecular flexibility index (Phi) is 6.17. The highest BCUT2D eigenvalue weighted by Crippen LogP contribution is 2.19. The molecule has 1 aromatic rings. The quantitative estimate of drug-likeness (QED) is 0.791. The van der Waals surface area contributed by atoms with Crippen LogP contribution < -0.4 is 4.74 Å². The third-order valence-corrected chi connectivity index (χ3v) is 4.63. The van der Waals surface area contributed by atoms with Crippen molar-refractivity contribution in [2.45, 2.75) is 25.2 Å². The van der Waals surface area contributed by atoms with Crippen LogP contribution in [0.15, 0.2) is 29.2 Å². The molecule has 118 valence electrons. The number of hydrogen-bond acceptors (Lipinski definition) is 4. The summed E-state index contributed by atoms with van der Waals surface area (Å²) in [6.45, 7) is 4.54. The fourth-order valence-electron chi connectivity index (χ4n) is 1.52. The van der Waals surface area contributed by atoms with Gasteiger partial charge in [0, 0.05) is 13.6 Å². The lowest BCUT2D eigenvalue weighted by Crippen LogP contribution is -2.29. The van der Waals surface area contributed by atoms with E-state index in [0.717, 1.165) is 4.31 Å². The summed E-state index contributed by atoms with van der Waals surface area (Å²) in [5.41, 5.74) is 0. The summed E-state index contributed by atoms with van der Waals surface area (Å²) < 4.78 is 30.9. The minimum absolute atomic E-state index is 0.0662. The van der Waals surface area contributed by atoms with Gasteiger partial charge in [-0.2, -0.15) is 0 Å². The van der Waals surface area contributed by atoms with Crippen molar-refractivity contribution in [1.29, 1.82) is 0 Å². The summed E-state index contributed by atoms with van der Waals surface area (Å²) in [6, 6.07) is 6.12. The van der Waals surface area contributed by atoms with Gasteiger partial charge >= 0.3 is 5.97 Å². The van der Waals surface area contributed by atoms with Gasteiger partial charge in [0.25, 0.3) is 0 Å². The Morgan fingerprint density at radius 3 is 2.33 bits per heavy atom. The summed E-state index contributed by atoms with van der Waals surface area (Å²) >= 11 is 0. The van der Waals surface area contributed by atoms with E-state index in [1.807, 2.05) is 13.8 Å². The predicted octanol–water partition coefficient (Wildman–Crippen LogP) is 1.82. The van der Waals surface area contributed by atoms with Gasteiger partial charge in [-0.1, -0.05) is 13.8 Å². The van der Waals surface area contributed by atoms with Gasteiger partial charge in [0.1, 0.15) is 5.75 Å². The smallest absolute Gasteiger partial charge is 0.304 e. The second-order valence-corrected chi connectivity index (χ2v) is 7.19. The highest BCUT2D eigenvalue weighted by atomic mass is 32.2. The van der Waals surface area contributed by atoms with E-state index in [1.54, 1.807) is 12.1 Å². The van der Waals surface area contributed by atoms with Gasteiger partial charge in [-0.15, -0.1) is 0 Å². The number of carboxylic acid groups (broad SMARTS) is 1. The molecule has 1 rings (SSSR count). The first-order chi connectivity index (χ1) is 9.73. The minimum Gasteiger partial charge on any atom is -0.493 e. The number of carbonyl (C=O) groups is 1. The Hall–Kier alpha value is -1.60. The van der Waals surface area contributed by atoms with Crippen molar-refractivity contribution in [1.82, 2.24) is 4.31 Å². The van der Waals surface area contributed by atoms with Gasteiger partial charge in [0.2, 0.25) is 10.0 Å². The van der Waals surface area contributed by atoms with Gasteiger partial charge in [0.05, 0.1) is 17.9 Å². The van der Waals surface area contributed by atoms with Crippen molar-refractivity contribution >= 4 is 16.0 Å². The number of benzene rings is 1. The maximum absolute atomic E-state index is 12.2. The molecule has 0 spiro atoms. The molecule has 0 aliphatic rings. The number of ether oxygens (including phenoxy) is 1. The van der Waals surface area contributed by atoms with E-state index in [2.05, 4.69) is 0 Å². The molecule has 0 radical (unpaired) electrons. The monoisotopic (exact) mass is 315 g/mol. The fraction of sp³-hybridized carbons (Fsp3) is 0.500. The van der Waals surface area contributed by atoms with E-state index in [4.69, 9.17) is 9.84 Å². The molecule has 0 saturated heterocycles. The number of hydrogen-bond donors (Lipinski definition) is 1. The lowest BCUT2D eigenvalue weighted by Gasteiger charge is -2.16. The average molecular weight is 315 g/mol. The largest absolute Gasteiger partial charge is 0.493 e. The Morgan fingerprint density at radius 1 is 1.29 bits per heavy atom. The Bertz CT molecular complexity index is 566. The van der Waals surface area contributed by atoms with Crippen LogP contribution in [0.1, 0.15) is 20.3 Å². The predicted molar refractivity (Wildman–Crippen MR) is 78.8 cm³/mol. The number of nitrogens with zero attached hydrogens (tertiary/aromatic N) is 1. The summed E-state index contributed by atoms with van der Waals surface area (Å²) in [5.74, 6) is -0.0408. The summed E-state index contributed by atoms with van der Waals surface area (Å²) in [7, 11) is -2.31. The van der Waals surface area contributed by atoms with Gasteiger partial charge in [0.15, 0.2) is 0 Å². The highest BCUT2D eigenvalue weighted by Gasteiger charge is 2.21. The maximum atomic E-state index is 12.2. The van der Waals surface area contributed by atoms with Crippen molar-refractivity contribution in [3.05, 3.63) is 24.3 Å². The van der Waals surface area contributed by atoms with E-state index >= 15 is 0 Å². The summed E-state index contributed by atoms with van der Waals surface area (Å²) in [5, 5.41) is 8.60. The van der Waals surface area contributed by atoms with Gasteiger partial charge in [-0.25, -0.2) is 12.7 Å². The summed E-state index contributed by atoms with van der Waals surface area (Å²) in [6.07, 6.45) is -0.231. The Balaban J connectivity index is 2.77. The molecule has 0 fully saturated rings. The highest BCUT2D eigenvalue weighted by molar-refractivity contribution is 7.89. The van der Waals surface area contributed by atoms with Crippen molar-refractivity contribution in [2.75, 3.05) is 20.2 Å². The first-order valence-corrected chi connectivity index (χ1v) is 8.08. The molecule has 0 amide bonds. The molecule has 0 heterocycles. The first kappa shape index (κ1) is 17.5. The SMILES string of the molecule is CC(C)COc1ccc(S(=O)(=O)N(C)CCC(=O)O)cc1. The molecule has 1 N–H and O–H groups in total. The van der Waals surface area contributed by atoms with E-state index in [1.165, 1.54) is 19.2 Å². The number of carboxylic acids is 1. The Labute approximate surface area is 125 Å².